The molecule has 1 unspecified atom stereocenters. The number of rotatable bonds is 8. The molecular formula is C34H36F6N2O4. The fourth-order valence-corrected chi connectivity index (χ4v) is 6.56. The van der Waals surface area contributed by atoms with E-state index in [4.69, 9.17) is 9.47 Å². The van der Waals surface area contributed by atoms with Crippen LogP contribution in [-0.2, 0) is 32.7 Å². The third-order valence-corrected chi connectivity index (χ3v) is 9.17. The van der Waals surface area contributed by atoms with Crippen molar-refractivity contribution in [2.75, 3.05) is 45.4 Å². The maximum atomic E-state index is 13.6. The van der Waals surface area contributed by atoms with Crippen molar-refractivity contribution in [1.82, 2.24) is 0 Å². The predicted molar refractivity (Wildman–Crippen MR) is 159 cm³/mol. The van der Waals surface area contributed by atoms with Crippen LogP contribution < -0.4 is 10.0 Å². The molecule has 0 amide bonds. The zero-order valence-corrected chi connectivity index (χ0v) is 26.4. The van der Waals surface area contributed by atoms with Crippen LogP contribution in [0.25, 0.3) is 0 Å². The second-order valence-electron chi connectivity index (χ2n) is 12.7. The number of fused-ring (bicyclic) bond motifs is 2. The van der Waals surface area contributed by atoms with Crippen LogP contribution in [0.1, 0.15) is 49.9 Å². The van der Waals surface area contributed by atoms with Gasteiger partial charge in [0, 0.05) is 55.3 Å². The van der Waals surface area contributed by atoms with E-state index in [9.17, 15) is 36.6 Å². The molecule has 2 heterocycles. The van der Waals surface area contributed by atoms with Crippen molar-refractivity contribution < 1.29 is 50.6 Å². The highest BCUT2D eigenvalue weighted by Gasteiger charge is 2.48. The lowest BCUT2D eigenvalue weighted by Gasteiger charge is -2.38. The summed E-state index contributed by atoms with van der Waals surface area (Å²) >= 11 is 0. The molecule has 0 fully saturated rings. The predicted octanol–water partition coefficient (Wildman–Crippen LogP) is 5.99. The number of anilines is 1. The number of alkyl halides is 6. The first kappa shape index (κ1) is 33.7. The monoisotopic (exact) mass is 650 g/mol. The molecule has 1 N–H and O–H groups in total. The molecule has 0 aromatic heterocycles. The highest BCUT2D eigenvalue weighted by molar-refractivity contribution is 6.04. The van der Waals surface area contributed by atoms with E-state index in [1.165, 1.54) is 38.5 Å². The maximum absolute atomic E-state index is 13.6. The molecule has 1 aliphatic carbocycles. The van der Waals surface area contributed by atoms with Crippen molar-refractivity contribution in [2.24, 2.45) is 0 Å². The Hall–Kier alpha value is -3.61. The molecule has 0 spiro atoms. The maximum Gasteiger partial charge on any atom is 0.416 e. The average molecular weight is 651 g/mol. The third-order valence-electron chi connectivity index (χ3n) is 9.17. The standard InChI is InChI=1S/C34H36F6N2O4/c1-31(2)23-15-19(33(35,36)37)7-9-25(23)41(11-13-45-5)27(31)17-21-29(43)22(30(21)44)18-28-32(3,4)24-16-20(34(38,39)40)8-10-26(24)42(28)12-14-46-6/h7-10,15-18,29,43H,11-14H2,1-6H3. The summed E-state index contributed by atoms with van der Waals surface area (Å²) in [6.07, 6.45) is -7.34. The molecule has 6 nitrogen and oxygen atoms in total. The number of methoxy groups -OCH3 is 2. The van der Waals surface area contributed by atoms with Crippen molar-refractivity contribution in [1.29, 1.82) is 0 Å². The molecule has 5 rings (SSSR count). The van der Waals surface area contributed by atoms with Gasteiger partial charge in [-0.3, -0.25) is 0 Å². The second-order valence-corrected chi connectivity index (χ2v) is 12.7. The molecule has 12 heteroatoms. The van der Waals surface area contributed by atoms with E-state index < -0.39 is 46.2 Å². The van der Waals surface area contributed by atoms with E-state index in [0.717, 1.165) is 24.3 Å². The van der Waals surface area contributed by atoms with Crippen molar-refractivity contribution in [3.63, 3.8) is 0 Å². The van der Waals surface area contributed by atoms with Gasteiger partial charge in [-0.05, 0) is 67.0 Å². The van der Waals surface area contributed by atoms with Crippen LogP contribution in [0, 0.1) is 0 Å². The SMILES string of the molecule is COCCN1C(=CC2=C([O-])C(=CC3=[N+](CCOC)c4ccc(C(F)(F)F)cc4C3(C)C)C2O)C(C)(C)c2cc(C(F)(F)F)ccc21. The topological polar surface area (TPSA) is 68.0 Å². The van der Waals surface area contributed by atoms with Crippen LogP contribution in [0.5, 0.6) is 0 Å². The molecule has 248 valence electrons. The van der Waals surface area contributed by atoms with Gasteiger partial charge in [-0.2, -0.15) is 30.9 Å². The van der Waals surface area contributed by atoms with Crippen molar-refractivity contribution >= 4 is 17.1 Å². The zero-order chi connectivity index (χ0) is 34.0. The van der Waals surface area contributed by atoms with E-state index in [0.29, 0.717) is 47.0 Å². The van der Waals surface area contributed by atoms with Gasteiger partial charge in [0.05, 0.1) is 23.1 Å². The Bertz CT molecular complexity index is 1680. The number of hydrogen-bond donors (Lipinski definition) is 1. The molecule has 0 saturated carbocycles. The first-order valence-corrected chi connectivity index (χ1v) is 14.7. The van der Waals surface area contributed by atoms with Gasteiger partial charge < -0.3 is 24.6 Å². The zero-order valence-electron chi connectivity index (χ0n) is 26.4. The summed E-state index contributed by atoms with van der Waals surface area (Å²) in [6, 6.07) is 7.06. The number of ether oxygens (including phenoxy) is 2. The van der Waals surface area contributed by atoms with Crippen LogP contribution in [-0.4, -0.2) is 62.0 Å². The van der Waals surface area contributed by atoms with E-state index in [2.05, 4.69) is 0 Å². The Morgan fingerprint density at radius 2 is 1.46 bits per heavy atom. The van der Waals surface area contributed by atoms with Gasteiger partial charge in [0.1, 0.15) is 12.7 Å². The molecule has 0 bridgehead atoms. The lowest BCUT2D eigenvalue weighted by molar-refractivity contribution is -0.441. The highest BCUT2D eigenvalue weighted by atomic mass is 19.4. The van der Waals surface area contributed by atoms with Gasteiger partial charge in [0.15, 0.2) is 12.3 Å². The van der Waals surface area contributed by atoms with Crippen LogP contribution in [0.4, 0.5) is 37.7 Å². The van der Waals surface area contributed by atoms with E-state index in [1.807, 2.05) is 0 Å². The van der Waals surface area contributed by atoms with E-state index >= 15 is 0 Å². The minimum Gasteiger partial charge on any atom is -0.872 e. The fourth-order valence-electron chi connectivity index (χ4n) is 6.56. The molecule has 2 aromatic rings. The molecule has 2 aliphatic heterocycles. The van der Waals surface area contributed by atoms with Crippen molar-refractivity contribution in [2.45, 2.75) is 57.0 Å². The van der Waals surface area contributed by atoms with Gasteiger partial charge in [0.2, 0.25) is 5.69 Å². The summed E-state index contributed by atoms with van der Waals surface area (Å²) in [4.78, 5) is 1.80. The summed E-state index contributed by atoms with van der Waals surface area (Å²) < 4.78 is 93.9. The van der Waals surface area contributed by atoms with Crippen molar-refractivity contribution in [3.05, 3.63) is 93.4 Å². The van der Waals surface area contributed by atoms with Crippen LogP contribution in [0.15, 0.2) is 71.2 Å². The Kier molecular flexibility index (Phi) is 8.49. The Morgan fingerprint density at radius 1 is 0.870 bits per heavy atom. The molecular weight excluding hydrogens is 614 g/mol. The third kappa shape index (κ3) is 5.54. The minimum absolute atomic E-state index is 0.0670. The highest BCUT2D eigenvalue weighted by Crippen LogP contribution is 2.51. The molecule has 3 aliphatic rings. The molecule has 0 saturated heterocycles. The number of hydrogen-bond acceptors (Lipinski definition) is 5. The van der Waals surface area contributed by atoms with Gasteiger partial charge in [-0.25, -0.2) is 0 Å². The van der Waals surface area contributed by atoms with Gasteiger partial charge >= 0.3 is 12.4 Å². The van der Waals surface area contributed by atoms with Crippen LogP contribution in [0.2, 0.25) is 0 Å². The summed E-state index contributed by atoms with van der Waals surface area (Å²) in [5.74, 6) is -0.462. The molecule has 46 heavy (non-hydrogen) atoms. The second kappa shape index (κ2) is 11.6. The fraction of sp³-hybridized carbons (Fsp3) is 0.441. The smallest absolute Gasteiger partial charge is 0.416 e. The van der Waals surface area contributed by atoms with Gasteiger partial charge in [-0.15, -0.1) is 0 Å². The Labute approximate surface area is 263 Å². The number of benzene rings is 2. The molecule has 2 aromatic carbocycles. The Balaban J connectivity index is 1.58. The van der Waals surface area contributed by atoms with E-state index in [-0.39, 0.29) is 24.4 Å². The quantitative estimate of drug-likeness (QED) is 0.281. The first-order chi connectivity index (χ1) is 21.3. The average Bonchev–Trinajstić information content (AvgIpc) is 3.32. The van der Waals surface area contributed by atoms with Gasteiger partial charge in [0.25, 0.3) is 0 Å². The van der Waals surface area contributed by atoms with E-state index in [1.54, 1.807) is 37.2 Å². The molecule has 1 atom stereocenters. The van der Waals surface area contributed by atoms with Crippen LogP contribution >= 0.6 is 0 Å². The summed E-state index contributed by atoms with van der Waals surface area (Å²) in [6.45, 7) is 8.14. The largest absolute Gasteiger partial charge is 0.872 e. The lowest BCUT2D eigenvalue weighted by Crippen LogP contribution is -2.38. The molecule has 0 radical (unpaired) electrons. The lowest BCUT2D eigenvalue weighted by atomic mass is 9.76. The summed E-state index contributed by atoms with van der Waals surface area (Å²) in [5.41, 5.74) is -0.336. The minimum atomic E-state index is -4.54. The Morgan fingerprint density at radius 3 is 2.02 bits per heavy atom. The summed E-state index contributed by atoms with van der Waals surface area (Å²) in [5, 5.41) is 24.9. The number of aliphatic hydroxyl groups is 1. The number of allylic oxidation sites excluding steroid dienone is 2. The van der Waals surface area contributed by atoms with Gasteiger partial charge in [-0.1, -0.05) is 19.6 Å². The van der Waals surface area contributed by atoms with Crippen molar-refractivity contribution in [3.8, 4) is 0 Å². The first-order valence-electron chi connectivity index (χ1n) is 14.7. The summed E-state index contributed by atoms with van der Waals surface area (Å²) in [7, 11) is 3.01. The van der Waals surface area contributed by atoms with Crippen LogP contribution in [0.3, 0.4) is 0 Å². The number of halogens is 6. The number of aliphatic hydroxyl groups excluding tert-OH is 1. The normalized spacial score (nSPS) is 22.2. The number of nitrogens with zero attached hydrogens (tertiary/aromatic N) is 2.